The Labute approximate surface area is 184 Å². The minimum atomic E-state index is -0.796. The second-order valence-electron chi connectivity index (χ2n) is 8.32. The summed E-state index contributed by atoms with van der Waals surface area (Å²) in [5.41, 5.74) is 2.97. The molecule has 162 valence electrons. The number of amides is 1. The fourth-order valence-corrected chi connectivity index (χ4v) is 4.47. The number of carbonyl (C=O) groups excluding carboxylic acids is 2. The summed E-state index contributed by atoms with van der Waals surface area (Å²) in [7, 11) is 0. The molecule has 1 amide bonds. The van der Waals surface area contributed by atoms with E-state index in [2.05, 4.69) is 20.3 Å². The van der Waals surface area contributed by atoms with Crippen LogP contribution in [-0.2, 0) is 10.3 Å². The van der Waals surface area contributed by atoms with Gasteiger partial charge in [0.2, 0.25) is 5.95 Å². The standard InChI is InChI=1S/C24H22N4O4/c1-14-3-2-4-15(11-14)16-12-26-23(27-13-16)28-21(30)20-19-18(7-10-25-20)24(32-22(19)31)8-5-17(29)6-9-24/h2-4,7,10-13,17,29H,5-6,8-9H2,1H3,(H,26,27,28,30)/t17-,24+. The molecule has 3 heterocycles. The van der Waals surface area contributed by atoms with Crippen molar-refractivity contribution >= 4 is 17.8 Å². The van der Waals surface area contributed by atoms with Crippen LogP contribution in [0.5, 0.6) is 0 Å². The van der Waals surface area contributed by atoms with Crippen molar-refractivity contribution in [1.82, 2.24) is 15.0 Å². The topological polar surface area (TPSA) is 114 Å². The maximum Gasteiger partial charge on any atom is 0.341 e. The van der Waals surface area contributed by atoms with Gasteiger partial charge in [-0.25, -0.2) is 14.8 Å². The van der Waals surface area contributed by atoms with Crippen LogP contribution in [0.3, 0.4) is 0 Å². The quantitative estimate of drug-likeness (QED) is 0.612. The van der Waals surface area contributed by atoms with E-state index in [1.807, 2.05) is 31.2 Å². The highest BCUT2D eigenvalue weighted by atomic mass is 16.6. The number of hydrogen-bond donors (Lipinski definition) is 2. The number of fused-ring (bicyclic) bond motifs is 2. The maximum absolute atomic E-state index is 12.9. The molecule has 0 bridgehead atoms. The Balaban J connectivity index is 1.39. The summed E-state index contributed by atoms with van der Waals surface area (Å²) in [6.45, 7) is 2.01. The molecule has 8 heteroatoms. The zero-order valence-corrected chi connectivity index (χ0v) is 17.5. The van der Waals surface area contributed by atoms with Gasteiger partial charge in [-0.15, -0.1) is 0 Å². The Morgan fingerprint density at radius 3 is 2.59 bits per heavy atom. The van der Waals surface area contributed by atoms with Crippen molar-refractivity contribution in [3.05, 3.63) is 71.3 Å². The van der Waals surface area contributed by atoms with Gasteiger partial charge >= 0.3 is 5.97 Å². The lowest BCUT2D eigenvalue weighted by Crippen LogP contribution is -2.33. The SMILES string of the molecule is Cc1cccc(-c2cnc(NC(=O)c3nccc4c3C(=O)O[C@]43CC[C@@H](O)CC3)nc2)c1. The molecule has 2 aromatic heterocycles. The van der Waals surface area contributed by atoms with Crippen LogP contribution in [0, 0.1) is 6.92 Å². The number of pyridine rings is 1. The van der Waals surface area contributed by atoms with Crippen molar-refractivity contribution < 1.29 is 19.4 Å². The Kier molecular flexibility index (Phi) is 4.94. The van der Waals surface area contributed by atoms with Crippen molar-refractivity contribution in [2.24, 2.45) is 0 Å². The summed E-state index contributed by atoms with van der Waals surface area (Å²) >= 11 is 0. The van der Waals surface area contributed by atoms with Gasteiger partial charge in [0.1, 0.15) is 11.3 Å². The number of anilines is 1. The summed E-state index contributed by atoms with van der Waals surface area (Å²) in [5.74, 6) is -1.02. The molecule has 1 aliphatic carbocycles. The van der Waals surface area contributed by atoms with Crippen LogP contribution < -0.4 is 5.32 Å². The third-order valence-electron chi connectivity index (χ3n) is 6.14. The monoisotopic (exact) mass is 430 g/mol. The van der Waals surface area contributed by atoms with Crippen LogP contribution in [-0.4, -0.2) is 38.0 Å². The van der Waals surface area contributed by atoms with E-state index < -0.39 is 23.6 Å². The van der Waals surface area contributed by atoms with Crippen molar-refractivity contribution in [3.63, 3.8) is 0 Å². The van der Waals surface area contributed by atoms with Crippen LogP contribution in [0.15, 0.2) is 48.9 Å². The molecule has 0 atom stereocenters. The Bertz CT molecular complexity index is 1200. The normalized spacial score (nSPS) is 21.8. The molecule has 1 spiro atoms. The number of nitrogens with zero attached hydrogens (tertiary/aromatic N) is 3. The number of benzene rings is 1. The summed E-state index contributed by atoms with van der Waals surface area (Å²) in [5, 5.41) is 12.5. The average Bonchev–Trinajstić information content (AvgIpc) is 3.08. The van der Waals surface area contributed by atoms with Gasteiger partial charge in [0.25, 0.3) is 5.91 Å². The minimum Gasteiger partial charge on any atom is -0.450 e. The predicted octanol–water partition coefficient (Wildman–Crippen LogP) is 3.40. The van der Waals surface area contributed by atoms with Crippen LogP contribution in [0.2, 0.25) is 0 Å². The fraction of sp³-hybridized carbons (Fsp3) is 0.292. The maximum atomic E-state index is 12.9. The van der Waals surface area contributed by atoms with Crippen LogP contribution in [0.4, 0.5) is 5.95 Å². The Morgan fingerprint density at radius 1 is 1.12 bits per heavy atom. The second-order valence-corrected chi connectivity index (χ2v) is 8.32. The van der Waals surface area contributed by atoms with Crippen molar-refractivity contribution in [1.29, 1.82) is 0 Å². The van der Waals surface area contributed by atoms with E-state index in [9.17, 15) is 14.7 Å². The molecule has 32 heavy (non-hydrogen) atoms. The highest BCUT2D eigenvalue weighted by molar-refractivity contribution is 6.11. The van der Waals surface area contributed by atoms with E-state index >= 15 is 0 Å². The molecule has 2 aliphatic rings. The molecule has 0 radical (unpaired) electrons. The smallest absolute Gasteiger partial charge is 0.341 e. The largest absolute Gasteiger partial charge is 0.450 e. The highest BCUT2D eigenvalue weighted by Crippen LogP contribution is 2.47. The van der Waals surface area contributed by atoms with E-state index in [1.54, 1.807) is 18.5 Å². The number of aromatic nitrogens is 3. The number of nitrogens with one attached hydrogen (secondary N) is 1. The number of hydrogen-bond acceptors (Lipinski definition) is 7. The van der Waals surface area contributed by atoms with E-state index in [0.717, 1.165) is 16.7 Å². The predicted molar refractivity (Wildman–Crippen MR) is 116 cm³/mol. The van der Waals surface area contributed by atoms with Gasteiger partial charge in [0.05, 0.1) is 11.7 Å². The third kappa shape index (κ3) is 3.52. The van der Waals surface area contributed by atoms with Crippen molar-refractivity contribution in [2.75, 3.05) is 5.32 Å². The molecule has 8 nitrogen and oxygen atoms in total. The minimum absolute atomic E-state index is 0.0122. The summed E-state index contributed by atoms with van der Waals surface area (Å²) in [4.78, 5) is 38.3. The summed E-state index contributed by atoms with van der Waals surface area (Å²) < 4.78 is 5.72. The lowest BCUT2D eigenvalue weighted by molar-refractivity contribution is -0.0494. The molecule has 0 unspecified atom stereocenters. The fourth-order valence-electron chi connectivity index (χ4n) is 4.47. The molecular weight excluding hydrogens is 408 g/mol. The molecule has 1 fully saturated rings. The van der Waals surface area contributed by atoms with E-state index in [-0.39, 0.29) is 17.2 Å². The Morgan fingerprint density at radius 2 is 1.88 bits per heavy atom. The van der Waals surface area contributed by atoms with Crippen LogP contribution in [0.25, 0.3) is 11.1 Å². The van der Waals surface area contributed by atoms with E-state index in [4.69, 9.17) is 4.74 Å². The lowest BCUT2D eigenvalue weighted by Gasteiger charge is -2.34. The van der Waals surface area contributed by atoms with E-state index in [0.29, 0.717) is 31.2 Å². The van der Waals surface area contributed by atoms with Gasteiger partial charge in [-0.1, -0.05) is 29.8 Å². The van der Waals surface area contributed by atoms with Gasteiger partial charge < -0.3 is 9.84 Å². The number of esters is 1. The molecule has 1 saturated carbocycles. The van der Waals surface area contributed by atoms with Crippen molar-refractivity contribution in [3.8, 4) is 11.1 Å². The summed E-state index contributed by atoms with van der Waals surface area (Å²) in [6.07, 6.45) is 6.49. The Hall–Kier alpha value is -3.65. The van der Waals surface area contributed by atoms with Gasteiger partial charge in [-0.2, -0.15) is 0 Å². The zero-order valence-electron chi connectivity index (χ0n) is 17.5. The number of rotatable bonds is 3. The van der Waals surface area contributed by atoms with Crippen molar-refractivity contribution in [2.45, 2.75) is 44.3 Å². The highest BCUT2D eigenvalue weighted by Gasteiger charge is 2.49. The zero-order chi connectivity index (χ0) is 22.3. The number of aliphatic hydroxyl groups is 1. The van der Waals surface area contributed by atoms with Gasteiger partial charge in [-0.3, -0.25) is 15.1 Å². The lowest BCUT2D eigenvalue weighted by atomic mass is 9.78. The molecule has 3 aromatic rings. The van der Waals surface area contributed by atoms with Crippen LogP contribution in [0.1, 0.15) is 57.7 Å². The number of aryl methyl sites for hydroxylation is 1. The second kappa shape index (κ2) is 7.80. The number of ether oxygens (including phenoxy) is 1. The third-order valence-corrected chi connectivity index (χ3v) is 6.14. The molecule has 1 aromatic carbocycles. The molecule has 2 N–H and O–H groups in total. The average molecular weight is 430 g/mol. The van der Waals surface area contributed by atoms with Gasteiger partial charge in [0.15, 0.2) is 0 Å². The first-order valence-electron chi connectivity index (χ1n) is 10.6. The van der Waals surface area contributed by atoms with E-state index in [1.165, 1.54) is 6.20 Å². The first-order valence-corrected chi connectivity index (χ1v) is 10.6. The van der Waals surface area contributed by atoms with Crippen LogP contribution >= 0.6 is 0 Å². The van der Waals surface area contributed by atoms with Gasteiger partial charge in [-0.05, 0) is 44.2 Å². The molecule has 0 saturated heterocycles. The summed E-state index contributed by atoms with van der Waals surface area (Å²) in [6, 6.07) is 9.68. The number of carbonyl (C=O) groups is 2. The first-order chi connectivity index (χ1) is 15.4. The molecule has 1 aliphatic heterocycles. The molecule has 5 rings (SSSR count). The number of aliphatic hydroxyl groups excluding tert-OH is 1. The molecular formula is C24H22N4O4. The van der Waals surface area contributed by atoms with Gasteiger partial charge in [0, 0.05) is 29.7 Å². The first kappa shape index (κ1) is 20.3.